The number of carbonyl (C=O) groups excluding carboxylic acids is 2. The first kappa shape index (κ1) is 26.6. The molecule has 1 aromatic heterocycles. The van der Waals surface area contributed by atoms with Crippen LogP contribution < -0.4 is 10.1 Å². The van der Waals surface area contributed by atoms with E-state index in [1.54, 1.807) is 38.1 Å². The number of halogens is 1. The lowest BCUT2D eigenvalue weighted by molar-refractivity contribution is -0.112. The number of benzene rings is 3. The first-order valence-electron chi connectivity index (χ1n) is 11.9. The molecule has 4 rings (SSSR count). The van der Waals surface area contributed by atoms with E-state index in [9.17, 15) is 19.2 Å². The van der Waals surface area contributed by atoms with Crippen LogP contribution in [-0.4, -0.2) is 18.5 Å². The number of thiophene rings is 1. The lowest BCUT2D eigenvalue weighted by Crippen LogP contribution is -2.16. The molecule has 3 aromatic carbocycles. The minimum atomic E-state index is -0.674. The summed E-state index contributed by atoms with van der Waals surface area (Å²) in [6, 6.07) is 19.3. The molecule has 1 heterocycles. The molecule has 0 aliphatic rings. The molecule has 0 aliphatic carbocycles. The van der Waals surface area contributed by atoms with Crippen LogP contribution >= 0.6 is 11.3 Å². The van der Waals surface area contributed by atoms with Crippen molar-refractivity contribution in [2.24, 2.45) is 0 Å². The lowest BCUT2D eigenvalue weighted by atomic mass is 10.0. The Morgan fingerprint density at radius 1 is 1.08 bits per heavy atom. The number of nitrogens with one attached hydrogen (secondary N) is 1. The number of hydrogen-bond acceptors (Lipinski definition) is 6. The van der Waals surface area contributed by atoms with Crippen LogP contribution in [0, 0.1) is 31.0 Å². The number of amides is 1. The zero-order valence-electron chi connectivity index (χ0n) is 21.1. The molecule has 0 unspecified atom stereocenters. The van der Waals surface area contributed by atoms with Gasteiger partial charge in [-0.15, -0.1) is 11.3 Å². The second-order valence-electron chi connectivity index (χ2n) is 8.41. The van der Waals surface area contributed by atoms with Gasteiger partial charge in [0.2, 0.25) is 0 Å². The standard InChI is InChI=1S/C30H25FN2O4S/c1-4-36-30(35)27-18(2)19(3)38-29(27)33-28(34)22(16-32)15-24-23-11-7-5-9-20(23)13-14-26(24)37-17-21-10-6-8-12-25(21)31/h5-15H,4,17H2,1-3H3,(H,33,34). The summed E-state index contributed by atoms with van der Waals surface area (Å²) in [5.41, 5.74) is 1.69. The number of hydrogen-bond donors (Lipinski definition) is 1. The summed E-state index contributed by atoms with van der Waals surface area (Å²) in [5.74, 6) is -1.21. The summed E-state index contributed by atoms with van der Waals surface area (Å²) >= 11 is 1.24. The molecular weight excluding hydrogens is 503 g/mol. The van der Waals surface area contributed by atoms with E-state index in [1.807, 2.05) is 43.3 Å². The third-order valence-electron chi connectivity index (χ3n) is 6.02. The molecule has 0 fully saturated rings. The minimum Gasteiger partial charge on any atom is -0.488 e. The van der Waals surface area contributed by atoms with Crippen molar-refractivity contribution >= 4 is 45.1 Å². The van der Waals surface area contributed by atoms with Crippen molar-refractivity contribution in [3.05, 3.63) is 99.2 Å². The van der Waals surface area contributed by atoms with Gasteiger partial charge >= 0.3 is 5.97 Å². The zero-order valence-corrected chi connectivity index (χ0v) is 21.9. The maximum Gasteiger partial charge on any atom is 0.341 e. The second-order valence-corrected chi connectivity index (χ2v) is 9.64. The number of fused-ring (bicyclic) bond motifs is 1. The summed E-state index contributed by atoms with van der Waals surface area (Å²) < 4.78 is 25.3. The van der Waals surface area contributed by atoms with Gasteiger partial charge in [-0.05, 0) is 55.3 Å². The van der Waals surface area contributed by atoms with Crippen molar-refractivity contribution in [2.45, 2.75) is 27.4 Å². The van der Waals surface area contributed by atoms with Gasteiger partial charge in [-0.2, -0.15) is 5.26 Å². The molecule has 8 heteroatoms. The predicted octanol–water partition coefficient (Wildman–Crippen LogP) is 6.96. The molecule has 0 bridgehead atoms. The maximum atomic E-state index is 14.2. The van der Waals surface area contributed by atoms with Crippen LogP contribution in [-0.2, 0) is 16.1 Å². The van der Waals surface area contributed by atoms with Gasteiger partial charge in [-0.1, -0.05) is 48.5 Å². The molecule has 0 spiro atoms. The van der Waals surface area contributed by atoms with Crippen molar-refractivity contribution in [3.8, 4) is 11.8 Å². The highest BCUT2D eigenvalue weighted by molar-refractivity contribution is 7.16. The van der Waals surface area contributed by atoms with Crippen LogP contribution in [0.5, 0.6) is 5.75 Å². The fourth-order valence-electron chi connectivity index (χ4n) is 3.95. The van der Waals surface area contributed by atoms with E-state index in [2.05, 4.69) is 5.32 Å². The van der Waals surface area contributed by atoms with Crippen LogP contribution in [0.25, 0.3) is 16.8 Å². The monoisotopic (exact) mass is 528 g/mol. The van der Waals surface area contributed by atoms with Crippen LogP contribution in [0.3, 0.4) is 0 Å². The second kappa shape index (κ2) is 11.7. The molecule has 0 atom stereocenters. The summed E-state index contributed by atoms with van der Waals surface area (Å²) in [6.07, 6.45) is 1.45. The Balaban J connectivity index is 1.72. The van der Waals surface area contributed by atoms with Crippen LogP contribution in [0.1, 0.15) is 38.8 Å². The van der Waals surface area contributed by atoms with Gasteiger partial charge in [-0.3, -0.25) is 4.79 Å². The van der Waals surface area contributed by atoms with Gasteiger partial charge in [0, 0.05) is 16.0 Å². The minimum absolute atomic E-state index is 0.0312. The summed E-state index contributed by atoms with van der Waals surface area (Å²) in [7, 11) is 0. The number of rotatable bonds is 8. The number of nitriles is 1. The number of anilines is 1. The number of nitrogens with zero attached hydrogens (tertiary/aromatic N) is 1. The zero-order chi connectivity index (χ0) is 27.2. The Morgan fingerprint density at radius 2 is 1.82 bits per heavy atom. The highest BCUT2D eigenvalue weighted by Crippen LogP contribution is 2.34. The molecule has 4 aromatic rings. The van der Waals surface area contributed by atoms with Gasteiger partial charge in [0.25, 0.3) is 5.91 Å². The van der Waals surface area contributed by atoms with Gasteiger partial charge in [0.1, 0.15) is 34.8 Å². The molecule has 0 radical (unpaired) electrons. The molecule has 1 N–H and O–H groups in total. The first-order valence-corrected chi connectivity index (χ1v) is 12.7. The Labute approximate surface area is 223 Å². The lowest BCUT2D eigenvalue weighted by Gasteiger charge is -2.13. The average Bonchev–Trinajstić information content (AvgIpc) is 3.19. The largest absolute Gasteiger partial charge is 0.488 e. The first-order chi connectivity index (χ1) is 18.3. The Bertz CT molecular complexity index is 1600. The number of esters is 1. The average molecular weight is 529 g/mol. The van der Waals surface area contributed by atoms with Gasteiger partial charge < -0.3 is 14.8 Å². The van der Waals surface area contributed by atoms with E-state index in [-0.39, 0.29) is 30.2 Å². The van der Waals surface area contributed by atoms with Gasteiger partial charge in [-0.25, -0.2) is 9.18 Å². The van der Waals surface area contributed by atoms with E-state index in [4.69, 9.17) is 9.47 Å². The quantitative estimate of drug-likeness (QED) is 0.152. The molecule has 6 nitrogen and oxygen atoms in total. The molecule has 1 amide bonds. The Kier molecular flexibility index (Phi) is 8.19. The van der Waals surface area contributed by atoms with Crippen molar-refractivity contribution in [3.63, 3.8) is 0 Å². The van der Waals surface area contributed by atoms with E-state index < -0.39 is 11.9 Å². The molecule has 192 valence electrons. The summed E-state index contributed by atoms with van der Waals surface area (Å²) in [6.45, 7) is 5.49. The molecule has 0 saturated carbocycles. The molecule has 0 aliphatic heterocycles. The fraction of sp³-hybridized carbons (Fsp3) is 0.167. The number of aryl methyl sites for hydroxylation is 1. The van der Waals surface area contributed by atoms with E-state index in [1.165, 1.54) is 23.5 Å². The normalized spacial score (nSPS) is 11.2. The summed E-state index contributed by atoms with van der Waals surface area (Å²) in [4.78, 5) is 26.6. The van der Waals surface area contributed by atoms with Crippen molar-refractivity contribution in [2.75, 3.05) is 11.9 Å². The molecule has 38 heavy (non-hydrogen) atoms. The highest BCUT2D eigenvalue weighted by atomic mass is 32.1. The van der Waals surface area contributed by atoms with Gasteiger partial charge in [0.15, 0.2) is 0 Å². The molecular formula is C30H25FN2O4S. The molecule has 0 saturated heterocycles. The van der Waals surface area contributed by atoms with Crippen LogP contribution in [0.2, 0.25) is 0 Å². The SMILES string of the molecule is CCOC(=O)c1c(NC(=O)C(C#N)=Cc2c(OCc3ccccc3F)ccc3ccccc23)sc(C)c1C. The topological polar surface area (TPSA) is 88.4 Å². The fourth-order valence-corrected chi connectivity index (χ4v) is 4.99. The summed E-state index contributed by atoms with van der Waals surface area (Å²) in [5, 5.41) is 14.6. The van der Waals surface area contributed by atoms with E-state index in [0.717, 1.165) is 15.6 Å². The Hall–Kier alpha value is -4.48. The van der Waals surface area contributed by atoms with Crippen LogP contribution in [0.4, 0.5) is 9.39 Å². The maximum absolute atomic E-state index is 14.2. The van der Waals surface area contributed by atoms with E-state index in [0.29, 0.717) is 27.4 Å². The third-order valence-corrected chi connectivity index (χ3v) is 7.14. The smallest absolute Gasteiger partial charge is 0.341 e. The van der Waals surface area contributed by atoms with Crippen LogP contribution in [0.15, 0.2) is 66.2 Å². The number of carbonyl (C=O) groups is 2. The van der Waals surface area contributed by atoms with Crippen molar-refractivity contribution in [1.82, 2.24) is 0 Å². The van der Waals surface area contributed by atoms with E-state index >= 15 is 0 Å². The van der Waals surface area contributed by atoms with Crippen molar-refractivity contribution < 1.29 is 23.5 Å². The Morgan fingerprint density at radius 3 is 2.55 bits per heavy atom. The van der Waals surface area contributed by atoms with Gasteiger partial charge in [0.05, 0.1) is 12.2 Å². The van der Waals surface area contributed by atoms with Crippen molar-refractivity contribution in [1.29, 1.82) is 5.26 Å². The number of ether oxygens (including phenoxy) is 2. The highest BCUT2D eigenvalue weighted by Gasteiger charge is 2.23. The predicted molar refractivity (Wildman–Crippen MR) is 147 cm³/mol. The third kappa shape index (κ3) is 5.58.